The van der Waals surface area contributed by atoms with E-state index in [4.69, 9.17) is 4.74 Å². The number of hydrogen-bond donors (Lipinski definition) is 1. The molecule has 116 valence electrons. The highest BCUT2D eigenvalue weighted by molar-refractivity contribution is 9.11. The number of carbonyl (C=O) groups is 1. The fraction of sp³-hybridized carbons (Fsp3) is 0.250. The van der Waals surface area contributed by atoms with E-state index >= 15 is 0 Å². The molecule has 1 aromatic carbocycles. The Morgan fingerprint density at radius 2 is 2.09 bits per heavy atom. The lowest BCUT2D eigenvalue weighted by molar-refractivity contribution is -0.123. The lowest BCUT2D eigenvalue weighted by Crippen LogP contribution is -2.24. The molecule has 1 aromatic heterocycles. The van der Waals surface area contributed by atoms with E-state index in [-0.39, 0.29) is 12.5 Å². The molecule has 22 heavy (non-hydrogen) atoms. The van der Waals surface area contributed by atoms with Crippen LogP contribution >= 0.6 is 27.3 Å². The minimum atomic E-state index is -0.287. The molecule has 0 aliphatic heterocycles. The van der Waals surface area contributed by atoms with E-state index in [1.165, 1.54) is 16.9 Å². The number of nitrogens with zero attached hydrogens (tertiary/aromatic N) is 1. The number of aryl methyl sites for hydroxylation is 1. The Balaban J connectivity index is 1.74. The van der Waals surface area contributed by atoms with Crippen molar-refractivity contribution in [3.63, 3.8) is 0 Å². The normalized spacial score (nSPS) is 10.8. The van der Waals surface area contributed by atoms with E-state index < -0.39 is 0 Å². The van der Waals surface area contributed by atoms with Gasteiger partial charge in [0.1, 0.15) is 5.75 Å². The molecular formula is C16H17BrN2O2S. The Labute approximate surface area is 142 Å². The Bertz CT molecular complexity index is 638. The number of benzene rings is 1. The molecule has 0 atom stereocenters. The van der Waals surface area contributed by atoms with Gasteiger partial charge in [-0.2, -0.15) is 5.10 Å². The molecule has 6 heteroatoms. The van der Waals surface area contributed by atoms with Crippen molar-refractivity contribution in [1.29, 1.82) is 0 Å². The maximum absolute atomic E-state index is 11.6. The van der Waals surface area contributed by atoms with Crippen molar-refractivity contribution in [2.75, 3.05) is 6.61 Å². The van der Waals surface area contributed by atoms with Crippen molar-refractivity contribution in [3.8, 4) is 5.75 Å². The van der Waals surface area contributed by atoms with Gasteiger partial charge in [0, 0.05) is 4.88 Å². The third kappa shape index (κ3) is 5.61. The van der Waals surface area contributed by atoms with Crippen molar-refractivity contribution < 1.29 is 9.53 Å². The van der Waals surface area contributed by atoms with Gasteiger partial charge in [-0.05, 0) is 52.2 Å². The summed E-state index contributed by atoms with van der Waals surface area (Å²) in [4.78, 5) is 12.6. The summed E-state index contributed by atoms with van der Waals surface area (Å²) in [5.74, 6) is 0.394. The molecule has 0 aliphatic rings. The highest BCUT2D eigenvalue weighted by Crippen LogP contribution is 2.20. The lowest BCUT2D eigenvalue weighted by atomic mass is 10.1. The number of amides is 1. The minimum absolute atomic E-state index is 0.0569. The topological polar surface area (TPSA) is 50.7 Å². The maximum Gasteiger partial charge on any atom is 0.277 e. The monoisotopic (exact) mass is 380 g/mol. The highest BCUT2D eigenvalue weighted by atomic mass is 79.9. The van der Waals surface area contributed by atoms with Gasteiger partial charge in [0.15, 0.2) is 6.61 Å². The third-order valence-corrected chi connectivity index (χ3v) is 4.37. The molecular weight excluding hydrogens is 364 g/mol. The van der Waals surface area contributed by atoms with Gasteiger partial charge in [-0.1, -0.05) is 25.5 Å². The average Bonchev–Trinajstić information content (AvgIpc) is 2.92. The molecule has 1 amide bonds. The summed E-state index contributed by atoms with van der Waals surface area (Å²) < 4.78 is 6.44. The van der Waals surface area contributed by atoms with Gasteiger partial charge in [0.2, 0.25) is 0 Å². The molecule has 1 heterocycles. The predicted octanol–water partition coefficient (Wildman–Crippen LogP) is 3.99. The van der Waals surface area contributed by atoms with Crippen LogP contribution in [0.15, 0.2) is 45.3 Å². The van der Waals surface area contributed by atoms with Crippen molar-refractivity contribution in [2.24, 2.45) is 5.10 Å². The Hall–Kier alpha value is -1.66. The first-order valence-corrected chi connectivity index (χ1v) is 8.57. The summed E-state index contributed by atoms with van der Waals surface area (Å²) in [6.07, 6.45) is 3.77. The first kappa shape index (κ1) is 16.7. The number of ether oxygens (including phenoxy) is 1. The van der Waals surface area contributed by atoms with Gasteiger partial charge in [0.25, 0.3) is 5.91 Å². The molecule has 2 rings (SSSR count). The maximum atomic E-state index is 11.6. The molecule has 0 radical (unpaired) electrons. The van der Waals surface area contributed by atoms with Crippen LogP contribution in [0.25, 0.3) is 0 Å². The third-order valence-electron chi connectivity index (χ3n) is 2.81. The Morgan fingerprint density at radius 3 is 2.73 bits per heavy atom. The summed E-state index contributed by atoms with van der Waals surface area (Å²) in [7, 11) is 0. The Morgan fingerprint density at radius 1 is 1.32 bits per heavy atom. The van der Waals surface area contributed by atoms with E-state index in [1.807, 2.05) is 36.4 Å². The quantitative estimate of drug-likeness (QED) is 0.582. The molecule has 1 N–H and O–H groups in total. The zero-order valence-electron chi connectivity index (χ0n) is 12.2. The molecule has 0 unspecified atom stereocenters. The van der Waals surface area contributed by atoms with E-state index in [9.17, 15) is 4.79 Å². The molecule has 0 spiro atoms. The molecule has 0 aliphatic carbocycles. The van der Waals surface area contributed by atoms with Crippen LogP contribution < -0.4 is 10.2 Å². The van der Waals surface area contributed by atoms with Gasteiger partial charge >= 0.3 is 0 Å². The van der Waals surface area contributed by atoms with Crippen LogP contribution in [0.5, 0.6) is 5.75 Å². The summed E-state index contributed by atoms with van der Waals surface area (Å²) in [6.45, 7) is 2.09. The molecule has 0 saturated heterocycles. The highest BCUT2D eigenvalue weighted by Gasteiger charge is 2.02. The Kier molecular flexibility index (Phi) is 6.61. The molecule has 4 nitrogen and oxygen atoms in total. The first-order chi connectivity index (χ1) is 10.7. The van der Waals surface area contributed by atoms with Crippen molar-refractivity contribution in [1.82, 2.24) is 5.43 Å². The van der Waals surface area contributed by atoms with Gasteiger partial charge in [0.05, 0.1) is 10.0 Å². The lowest BCUT2D eigenvalue weighted by Gasteiger charge is -2.06. The number of nitrogens with one attached hydrogen (secondary N) is 1. The van der Waals surface area contributed by atoms with E-state index in [2.05, 4.69) is 33.4 Å². The first-order valence-electron chi connectivity index (χ1n) is 6.96. The number of hydrogen-bond acceptors (Lipinski definition) is 4. The van der Waals surface area contributed by atoms with Crippen molar-refractivity contribution >= 4 is 39.4 Å². The SMILES string of the molecule is CCCc1ccc(OCC(=O)NN=Cc2ccc(Br)s2)cc1. The fourth-order valence-corrected chi connectivity index (χ4v) is 3.08. The smallest absolute Gasteiger partial charge is 0.277 e. The van der Waals surface area contributed by atoms with Crippen LogP contribution in [0, 0.1) is 0 Å². The van der Waals surface area contributed by atoms with Gasteiger partial charge < -0.3 is 4.74 Å². The van der Waals surface area contributed by atoms with E-state index in [1.54, 1.807) is 6.21 Å². The van der Waals surface area contributed by atoms with E-state index in [0.29, 0.717) is 5.75 Å². The number of thiophene rings is 1. The summed E-state index contributed by atoms with van der Waals surface area (Å²) in [5.41, 5.74) is 3.71. The second-order valence-corrected chi connectivity index (χ2v) is 7.11. The largest absolute Gasteiger partial charge is 0.484 e. The second kappa shape index (κ2) is 8.70. The molecule has 0 bridgehead atoms. The number of hydrazone groups is 1. The van der Waals surface area contributed by atoms with Crippen molar-refractivity contribution in [2.45, 2.75) is 19.8 Å². The summed E-state index contributed by atoms with van der Waals surface area (Å²) in [5, 5.41) is 3.89. The van der Waals surface area contributed by atoms with Crippen LogP contribution in [0.1, 0.15) is 23.8 Å². The number of halogens is 1. The van der Waals surface area contributed by atoms with Gasteiger partial charge in [-0.25, -0.2) is 5.43 Å². The average molecular weight is 381 g/mol. The predicted molar refractivity (Wildman–Crippen MR) is 93.7 cm³/mol. The van der Waals surface area contributed by atoms with Gasteiger partial charge in [-0.3, -0.25) is 4.79 Å². The molecule has 0 fully saturated rings. The minimum Gasteiger partial charge on any atom is -0.484 e. The van der Waals surface area contributed by atoms with Crippen LogP contribution in [-0.2, 0) is 11.2 Å². The zero-order chi connectivity index (χ0) is 15.8. The number of carbonyl (C=O) groups excluding carboxylic acids is 1. The fourth-order valence-electron chi connectivity index (χ4n) is 1.79. The van der Waals surface area contributed by atoms with Gasteiger partial charge in [-0.15, -0.1) is 11.3 Å². The molecule has 2 aromatic rings. The van der Waals surface area contributed by atoms with E-state index in [0.717, 1.165) is 21.5 Å². The van der Waals surface area contributed by atoms with Crippen LogP contribution in [0.3, 0.4) is 0 Å². The second-order valence-electron chi connectivity index (χ2n) is 4.62. The van der Waals surface area contributed by atoms with Crippen LogP contribution in [0.4, 0.5) is 0 Å². The van der Waals surface area contributed by atoms with Crippen molar-refractivity contribution in [3.05, 3.63) is 50.6 Å². The van der Waals surface area contributed by atoms with Crippen LogP contribution in [-0.4, -0.2) is 18.7 Å². The zero-order valence-corrected chi connectivity index (χ0v) is 14.6. The van der Waals surface area contributed by atoms with Crippen LogP contribution in [0.2, 0.25) is 0 Å². The molecule has 0 saturated carbocycles. The standard InChI is InChI=1S/C16H17BrN2O2S/c1-2-3-12-4-6-13(7-5-12)21-11-16(20)19-18-10-14-8-9-15(17)22-14/h4-10H,2-3,11H2,1H3,(H,19,20). The number of rotatable bonds is 7. The summed E-state index contributed by atoms with van der Waals surface area (Å²) in [6, 6.07) is 11.6. The summed E-state index contributed by atoms with van der Waals surface area (Å²) >= 11 is 4.91.